The molecule has 0 aliphatic carbocycles. The topological polar surface area (TPSA) is 371 Å². The van der Waals surface area contributed by atoms with Crippen LogP contribution in [0.3, 0.4) is 0 Å². The third-order valence-corrected chi connectivity index (χ3v) is 14.1. The second kappa shape index (κ2) is 28.8. The van der Waals surface area contributed by atoms with Gasteiger partial charge in [0.1, 0.15) is 54.2 Å². The first-order valence-electron chi connectivity index (χ1n) is 25.8. The fourth-order valence-electron chi connectivity index (χ4n) is 9.76. The van der Waals surface area contributed by atoms with Crippen molar-refractivity contribution in [3.63, 3.8) is 0 Å². The number of aliphatic hydroxyl groups excluding tert-OH is 6. The Kier molecular flexibility index (Phi) is 23.7. The van der Waals surface area contributed by atoms with Crippen LogP contribution in [0.2, 0.25) is 0 Å². The lowest BCUT2D eigenvalue weighted by molar-refractivity contribution is -0.148. The van der Waals surface area contributed by atoms with Crippen molar-refractivity contribution < 1.29 is 74.1 Å². The maximum atomic E-state index is 14.3. The van der Waals surface area contributed by atoms with Crippen molar-refractivity contribution in [2.75, 3.05) is 19.6 Å². The molecule has 8 amide bonds. The number of primary amides is 1. The number of unbranched alkanes of at least 4 members (excludes halogenated alkanes) is 5. The van der Waals surface area contributed by atoms with Gasteiger partial charge in [0.25, 0.3) is 0 Å². The van der Waals surface area contributed by atoms with E-state index in [0.29, 0.717) is 18.3 Å². The van der Waals surface area contributed by atoms with Crippen LogP contribution in [0.25, 0.3) is 0 Å². The van der Waals surface area contributed by atoms with Crippen LogP contribution in [-0.4, -0.2) is 179 Å². The minimum absolute atomic E-state index is 0.0143. The molecule has 14 N–H and O–H groups in total. The number of carbonyl (C=O) groups excluding carboxylic acids is 8. The number of nitrogens with zero attached hydrogens (tertiary/aromatic N) is 2. The van der Waals surface area contributed by atoms with Gasteiger partial charge in [-0.15, -0.1) is 0 Å². The summed E-state index contributed by atoms with van der Waals surface area (Å²) in [6.07, 6.45) is -3.42. The van der Waals surface area contributed by atoms with E-state index in [1.54, 1.807) is 0 Å². The summed E-state index contributed by atoms with van der Waals surface area (Å²) in [6.45, 7) is 6.97. The van der Waals surface area contributed by atoms with Crippen molar-refractivity contribution >= 4 is 47.3 Å². The molecule has 0 saturated carbocycles. The van der Waals surface area contributed by atoms with Gasteiger partial charge in [0.2, 0.25) is 47.3 Å². The van der Waals surface area contributed by atoms with Gasteiger partial charge in [0.15, 0.2) is 0 Å². The van der Waals surface area contributed by atoms with Crippen LogP contribution < -0.4 is 32.3 Å². The van der Waals surface area contributed by atoms with Crippen molar-refractivity contribution in [3.05, 3.63) is 29.8 Å². The Hall–Kier alpha value is -5.46. The predicted octanol–water partition coefficient (Wildman–Crippen LogP) is -1.63. The molecule has 14 atom stereocenters. The quantitative estimate of drug-likeness (QED) is 0.0653. The van der Waals surface area contributed by atoms with Gasteiger partial charge in [-0.1, -0.05) is 77.8 Å². The second-order valence-electron chi connectivity index (χ2n) is 20.3. The smallest absolute Gasteiger partial charge is 0.248 e. The standard InChI is InChI=1S/C50H80N8O15/c1-5-27(2)23-28(3)13-10-8-6-7-9-11-15-38(65)53-33-14-12-21-52-48(71)42-35(62)20-22-57(42)50(73)40(36(63)25-37(51)64)55-47(70)41(44(67)43(66)30-16-18-31(60)19-17-30)56-46(69)34-24-32(61)26-58(34)49(72)39(29(4)59)54-45(33)68/h16-19,27-29,32-36,39-44,59-63,66-67H,5-15,20-26H2,1-4H3,(H2,51,64)(H,52,71)(H,53,65)(H,54,68)(H,55,70)(H,56,69)/t27?,28?,29-,32-,33-,34?,35+,36-,39?,40?,41?,42?,43-,44+/m1/s1. The third kappa shape index (κ3) is 17.6. The van der Waals surface area contributed by atoms with E-state index in [1.807, 2.05) is 0 Å². The van der Waals surface area contributed by atoms with Crippen molar-refractivity contribution in [2.45, 2.75) is 197 Å². The average molecular weight is 1030 g/mol. The van der Waals surface area contributed by atoms with Gasteiger partial charge in [-0.25, -0.2) is 0 Å². The van der Waals surface area contributed by atoms with E-state index >= 15 is 0 Å². The second-order valence-corrected chi connectivity index (χ2v) is 20.3. The minimum atomic E-state index is -2.30. The molecular weight excluding hydrogens is 953 g/mol. The van der Waals surface area contributed by atoms with Gasteiger partial charge in [0.05, 0.1) is 30.8 Å². The maximum Gasteiger partial charge on any atom is 0.248 e. The molecule has 23 nitrogen and oxygen atoms in total. The highest BCUT2D eigenvalue weighted by Gasteiger charge is 2.48. The predicted molar refractivity (Wildman–Crippen MR) is 263 cm³/mol. The number of aliphatic hydroxyl groups is 6. The molecule has 0 radical (unpaired) electrons. The first kappa shape index (κ1) is 60.1. The summed E-state index contributed by atoms with van der Waals surface area (Å²) in [6, 6.07) is -6.07. The highest BCUT2D eigenvalue weighted by atomic mass is 16.3. The monoisotopic (exact) mass is 1030 g/mol. The molecule has 0 aromatic heterocycles. The molecule has 73 heavy (non-hydrogen) atoms. The van der Waals surface area contributed by atoms with Crippen LogP contribution in [0.15, 0.2) is 24.3 Å². The Morgan fingerprint density at radius 2 is 1.38 bits per heavy atom. The van der Waals surface area contributed by atoms with E-state index in [0.717, 1.165) is 54.0 Å². The van der Waals surface area contributed by atoms with Crippen molar-refractivity contribution in [3.8, 4) is 5.75 Å². The van der Waals surface area contributed by atoms with E-state index in [-0.39, 0.29) is 50.1 Å². The SMILES string of the molecule is CCC(C)CC(C)CCCCCCCCC(=O)N[C@@H]1CCCNC(=O)C2[C@@H](O)CCN2C(=O)C([C@H](O)CC(N)=O)NC(=O)C([C@H](O)[C@H](O)c2ccc(O)cc2)NC(=O)C2C[C@@H](O)CN2C(=O)C([C@@H](C)O)NC1=O. The van der Waals surface area contributed by atoms with E-state index in [1.165, 1.54) is 38.3 Å². The number of fused-ring (bicyclic) bond motifs is 2. The van der Waals surface area contributed by atoms with Gasteiger partial charge in [-0.3, -0.25) is 38.4 Å². The number of nitrogens with two attached hydrogens (primary N) is 1. The number of hydrogen-bond donors (Lipinski definition) is 13. The van der Waals surface area contributed by atoms with E-state index in [4.69, 9.17) is 5.73 Å². The highest BCUT2D eigenvalue weighted by Crippen LogP contribution is 2.26. The first-order chi connectivity index (χ1) is 34.5. The minimum Gasteiger partial charge on any atom is -0.508 e. The highest BCUT2D eigenvalue weighted by molar-refractivity contribution is 5.98. The number of rotatable bonds is 20. The Morgan fingerprint density at radius 1 is 0.767 bits per heavy atom. The van der Waals surface area contributed by atoms with E-state index in [2.05, 4.69) is 47.4 Å². The molecule has 3 heterocycles. The molecule has 410 valence electrons. The summed E-state index contributed by atoms with van der Waals surface area (Å²) in [5.41, 5.74) is 5.27. The number of nitrogens with one attached hydrogen (secondary N) is 5. The number of benzene rings is 1. The van der Waals surface area contributed by atoms with Gasteiger partial charge in [-0.2, -0.15) is 0 Å². The number of aromatic hydroxyl groups is 1. The molecular formula is C50H80N8O15. The van der Waals surface area contributed by atoms with Crippen LogP contribution in [-0.2, 0) is 38.4 Å². The normalized spacial score (nSPS) is 27.4. The van der Waals surface area contributed by atoms with Crippen LogP contribution >= 0.6 is 0 Å². The van der Waals surface area contributed by atoms with Crippen molar-refractivity contribution in [1.29, 1.82) is 0 Å². The zero-order chi connectivity index (χ0) is 54.1. The first-order valence-corrected chi connectivity index (χ1v) is 25.8. The van der Waals surface area contributed by atoms with Crippen molar-refractivity contribution in [1.82, 2.24) is 36.4 Å². The summed E-state index contributed by atoms with van der Waals surface area (Å²) in [7, 11) is 0. The van der Waals surface area contributed by atoms with Gasteiger partial charge < -0.3 is 77.9 Å². The largest absolute Gasteiger partial charge is 0.508 e. The molecule has 3 fully saturated rings. The van der Waals surface area contributed by atoms with Crippen LogP contribution in [0, 0.1) is 11.8 Å². The lowest BCUT2D eigenvalue weighted by atomic mass is 9.91. The Morgan fingerprint density at radius 3 is 2.03 bits per heavy atom. The molecule has 23 heteroatoms. The number of phenols is 1. The Labute approximate surface area is 426 Å². The molecule has 3 aliphatic rings. The molecule has 1 aromatic rings. The van der Waals surface area contributed by atoms with Crippen molar-refractivity contribution in [2.24, 2.45) is 17.6 Å². The van der Waals surface area contributed by atoms with E-state index in [9.17, 15) is 74.1 Å². The van der Waals surface area contributed by atoms with Crippen LogP contribution in [0.5, 0.6) is 5.75 Å². The van der Waals surface area contributed by atoms with Gasteiger partial charge in [-0.05, 0) is 68.6 Å². The summed E-state index contributed by atoms with van der Waals surface area (Å²) in [4.78, 5) is 112. The summed E-state index contributed by atoms with van der Waals surface area (Å²) in [5.74, 6) is -7.14. The Bertz CT molecular complexity index is 2030. The zero-order valence-corrected chi connectivity index (χ0v) is 42.5. The fourth-order valence-corrected chi connectivity index (χ4v) is 9.76. The van der Waals surface area contributed by atoms with Gasteiger partial charge in [0, 0.05) is 32.5 Å². The third-order valence-electron chi connectivity index (χ3n) is 14.1. The van der Waals surface area contributed by atoms with Gasteiger partial charge >= 0.3 is 0 Å². The molecule has 3 aliphatic heterocycles. The molecule has 7 unspecified atom stereocenters. The molecule has 4 rings (SSSR count). The summed E-state index contributed by atoms with van der Waals surface area (Å²) in [5, 5.41) is 89.0. The molecule has 0 spiro atoms. The summed E-state index contributed by atoms with van der Waals surface area (Å²) >= 11 is 0. The molecule has 0 bridgehead atoms. The zero-order valence-electron chi connectivity index (χ0n) is 42.5. The number of amides is 8. The van der Waals surface area contributed by atoms with Crippen LogP contribution in [0.4, 0.5) is 0 Å². The number of hydrogen-bond acceptors (Lipinski definition) is 15. The summed E-state index contributed by atoms with van der Waals surface area (Å²) < 4.78 is 0. The maximum absolute atomic E-state index is 14.3. The van der Waals surface area contributed by atoms with Crippen LogP contribution in [0.1, 0.15) is 136 Å². The Balaban J connectivity index is 1.64. The fraction of sp³-hybridized carbons (Fsp3) is 0.720. The molecule has 3 saturated heterocycles. The van der Waals surface area contributed by atoms with E-state index < -0.39 is 140 Å². The average Bonchev–Trinajstić information content (AvgIpc) is 3.93. The number of carbonyl (C=O) groups is 8. The molecule has 1 aromatic carbocycles. The lowest BCUT2D eigenvalue weighted by Gasteiger charge is -2.34. The number of phenolic OH excluding ortho intramolecular Hbond substituents is 1. The lowest BCUT2D eigenvalue weighted by Crippen LogP contribution is -2.64.